The first-order valence-corrected chi connectivity index (χ1v) is 7.52. The third-order valence-corrected chi connectivity index (χ3v) is 4.99. The fourth-order valence-electron chi connectivity index (χ4n) is 3.71. The number of carboxylic acid groups (broad SMARTS) is 1. The largest absolute Gasteiger partial charge is 0.481 e. The lowest BCUT2D eigenvalue weighted by atomic mass is 9.88. The van der Waals surface area contributed by atoms with Crippen LogP contribution in [0.2, 0.25) is 0 Å². The third-order valence-electron chi connectivity index (χ3n) is 4.99. The normalized spacial score (nSPS) is 35.8. The number of nitrogens with zero attached hydrogens (tertiary/aromatic N) is 1. The molecule has 1 aliphatic carbocycles. The highest BCUT2D eigenvalue weighted by Crippen LogP contribution is 2.39. The van der Waals surface area contributed by atoms with E-state index in [4.69, 9.17) is 0 Å². The van der Waals surface area contributed by atoms with E-state index in [0.29, 0.717) is 32.4 Å². The molecule has 1 saturated heterocycles. The molecule has 0 aromatic heterocycles. The van der Waals surface area contributed by atoms with E-state index in [9.17, 15) is 19.5 Å². The van der Waals surface area contributed by atoms with Crippen LogP contribution in [-0.2, 0) is 14.4 Å². The van der Waals surface area contributed by atoms with Crippen LogP contribution in [0.15, 0.2) is 0 Å². The topological polar surface area (TPSA) is 86.7 Å². The highest BCUT2D eigenvalue weighted by Gasteiger charge is 2.47. The summed E-state index contributed by atoms with van der Waals surface area (Å²) in [6, 6.07) is 0. The zero-order chi connectivity index (χ0) is 15.8. The summed E-state index contributed by atoms with van der Waals surface area (Å²) in [6.07, 6.45) is 1.81. The van der Waals surface area contributed by atoms with Crippen molar-refractivity contribution >= 4 is 17.8 Å². The minimum Gasteiger partial charge on any atom is -0.481 e. The number of carbonyl (C=O) groups is 3. The number of amides is 2. The summed E-state index contributed by atoms with van der Waals surface area (Å²) in [5.41, 5.74) is -0.562. The third kappa shape index (κ3) is 2.89. The molecule has 0 aromatic carbocycles. The molecular weight excluding hydrogens is 272 g/mol. The monoisotopic (exact) mass is 296 g/mol. The zero-order valence-corrected chi connectivity index (χ0v) is 12.9. The van der Waals surface area contributed by atoms with Crippen LogP contribution in [0.5, 0.6) is 0 Å². The van der Waals surface area contributed by atoms with Crippen molar-refractivity contribution in [1.82, 2.24) is 10.2 Å². The van der Waals surface area contributed by atoms with Crippen molar-refractivity contribution in [2.75, 3.05) is 20.1 Å². The van der Waals surface area contributed by atoms with Crippen molar-refractivity contribution in [1.29, 1.82) is 0 Å². The molecular formula is C15H24N2O4. The Kier molecular flexibility index (Phi) is 4.25. The molecule has 0 aromatic rings. The maximum atomic E-state index is 12.6. The second kappa shape index (κ2) is 5.66. The molecule has 1 aliphatic heterocycles. The lowest BCUT2D eigenvalue weighted by Gasteiger charge is -2.25. The Hall–Kier alpha value is -1.59. The van der Waals surface area contributed by atoms with Crippen LogP contribution in [0.3, 0.4) is 0 Å². The van der Waals surface area contributed by atoms with Gasteiger partial charge in [-0.05, 0) is 32.1 Å². The quantitative estimate of drug-likeness (QED) is 0.803. The first kappa shape index (κ1) is 15.8. The predicted molar refractivity (Wildman–Crippen MR) is 76.4 cm³/mol. The van der Waals surface area contributed by atoms with Gasteiger partial charge in [-0.2, -0.15) is 0 Å². The van der Waals surface area contributed by atoms with Crippen molar-refractivity contribution in [3.05, 3.63) is 0 Å². The van der Waals surface area contributed by atoms with E-state index in [1.165, 1.54) is 0 Å². The van der Waals surface area contributed by atoms with E-state index < -0.39 is 23.2 Å². The minimum atomic E-state index is -0.883. The molecule has 1 heterocycles. The summed E-state index contributed by atoms with van der Waals surface area (Å²) in [5, 5.41) is 11.9. The number of carbonyl (C=O) groups excluding carboxylic acids is 2. The summed E-state index contributed by atoms with van der Waals surface area (Å²) in [6.45, 7) is 4.75. The van der Waals surface area contributed by atoms with Crippen molar-refractivity contribution in [3.8, 4) is 0 Å². The molecule has 2 N–H and O–H groups in total. The smallest absolute Gasteiger partial charge is 0.307 e. The molecule has 6 heteroatoms. The molecule has 21 heavy (non-hydrogen) atoms. The number of rotatable bonds is 3. The number of hydrogen-bond donors (Lipinski definition) is 2. The second-order valence-electron chi connectivity index (χ2n) is 6.78. The van der Waals surface area contributed by atoms with Gasteiger partial charge in [-0.15, -0.1) is 0 Å². The van der Waals surface area contributed by atoms with Crippen LogP contribution >= 0.6 is 0 Å². The average Bonchev–Trinajstić information content (AvgIpc) is 3.01. The standard InChI is InChI=1S/C15H24N2O4/c1-9-6-10(11(7-9)13(19)20)12(18)17-5-4-15(2,8-17)14(21)16-3/h9-11H,4-8H2,1-3H3,(H,16,21)(H,19,20). The van der Waals surface area contributed by atoms with Gasteiger partial charge in [-0.3, -0.25) is 14.4 Å². The van der Waals surface area contributed by atoms with E-state index in [-0.39, 0.29) is 17.7 Å². The highest BCUT2D eigenvalue weighted by atomic mass is 16.4. The molecule has 4 unspecified atom stereocenters. The summed E-state index contributed by atoms with van der Waals surface area (Å²) in [4.78, 5) is 37.5. The molecule has 0 radical (unpaired) electrons. The van der Waals surface area contributed by atoms with Gasteiger partial charge in [-0.25, -0.2) is 0 Å². The summed E-state index contributed by atoms with van der Waals surface area (Å²) in [7, 11) is 1.59. The molecule has 4 atom stereocenters. The van der Waals surface area contributed by atoms with Gasteiger partial charge in [0.25, 0.3) is 0 Å². The molecule has 1 saturated carbocycles. The summed E-state index contributed by atoms with van der Waals surface area (Å²) >= 11 is 0. The van der Waals surface area contributed by atoms with Gasteiger partial charge in [0.2, 0.25) is 11.8 Å². The van der Waals surface area contributed by atoms with E-state index in [2.05, 4.69) is 5.32 Å². The van der Waals surface area contributed by atoms with Gasteiger partial charge in [0, 0.05) is 20.1 Å². The van der Waals surface area contributed by atoms with Gasteiger partial charge in [-0.1, -0.05) is 6.92 Å². The van der Waals surface area contributed by atoms with E-state index in [1.54, 1.807) is 11.9 Å². The minimum absolute atomic E-state index is 0.0626. The van der Waals surface area contributed by atoms with Crippen molar-refractivity contribution in [3.63, 3.8) is 0 Å². The van der Waals surface area contributed by atoms with E-state index >= 15 is 0 Å². The van der Waals surface area contributed by atoms with E-state index in [0.717, 1.165) is 0 Å². The van der Waals surface area contributed by atoms with Crippen LogP contribution in [0.25, 0.3) is 0 Å². The molecule has 0 bridgehead atoms. The molecule has 2 rings (SSSR count). The lowest BCUT2D eigenvalue weighted by Crippen LogP contribution is -2.42. The van der Waals surface area contributed by atoms with Crippen molar-refractivity contribution in [2.45, 2.75) is 33.1 Å². The maximum absolute atomic E-state index is 12.6. The zero-order valence-electron chi connectivity index (χ0n) is 12.9. The molecule has 2 amide bonds. The number of nitrogens with one attached hydrogen (secondary N) is 1. The van der Waals surface area contributed by atoms with Crippen molar-refractivity contribution in [2.24, 2.45) is 23.2 Å². The fourth-order valence-corrected chi connectivity index (χ4v) is 3.71. The van der Waals surface area contributed by atoms with Crippen LogP contribution < -0.4 is 5.32 Å². The Morgan fingerprint density at radius 1 is 1.24 bits per heavy atom. The van der Waals surface area contributed by atoms with Crippen molar-refractivity contribution < 1.29 is 19.5 Å². The average molecular weight is 296 g/mol. The number of hydrogen-bond acceptors (Lipinski definition) is 3. The number of aliphatic carboxylic acids is 1. The fraction of sp³-hybridized carbons (Fsp3) is 0.800. The molecule has 6 nitrogen and oxygen atoms in total. The second-order valence-corrected chi connectivity index (χ2v) is 6.78. The van der Waals surface area contributed by atoms with Gasteiger partial charge in [0.1, 0.15) is 0 Å². The van der Waals surface area contributed by atoms with Crippen LogP contribution in [0.4, 0.5) is 0 Å². The SMILES string of the molecule is CNC(=O)C1(C)CCN(C(=O)C2CC(C)CC2C(=O)O)C1. The molecule has 0 spiro atoms. The number of likely N-dealkylation sites (tertiary alicyclic amines) is 1. The first-order chi connectivity index (χ1) is 9.78. The summed E-state index contributed by atoms with van der Waals surface area (Å²) < 4.78 is 0. The maximum Gasteiger partial charge on any atom is 0.307 e. The molecule has 118 valence electrons. The highest BCUT2D eigenvalue weighted by molar-refractivity contribution is 5.88. The van der Waals surface area contributed by atoms with Crippen LogP contribution in [0, 0.1) is 23.2 Å². The Bertz CT molecular complexity index is 465. The predicted octanol–water partition coefficient (Wildman–Crippen LogP) is 0.718. The van der Waals surface area contributed by atoms with Gasteiger partial charge >= 0.3 is 5.97 Å². The Morgan fingerprint density at radius 3 is 2.43 bits per heavy atom. The van der Waals surface area contributed by atoms with Gasteiger partial charge < -0.3 is 15.3 Å². The number of carboxylic acids is 1. The van der Waals surface area contributed by atoms with E-state index in [1.807, 2.05) is 13.8 Å². The molecule has 2 fully saturated rings. The van der Waals surface area contributed by atoms with Crippen LogP contribution in [-0.4, -0.2) is 47.9 Å². The first-order valence-electron chi connectivity index (χ1n) is 7.52. The summed E-state index contributed by atoms with van der Waals surface area (Å²) in [5.74, 6) is -1.81. The Morgan fingerprint density at radius 2 is 1.86 bits per heavy atom. The lowest BCUT2D eigenvalue weighted by molar-refractivity contribution is -0.149. The van der Waals surface area contributed by atoms with Crippen LogP contribution in [0.1, 0.15) is 33.1 Å². The Labute approximate surface area is 124 Å². The molecule has 2 aliphatic rings. The Balaban J connectivity index is 2.08. The van der Waals surface area contributed by atoms with Gasteiger partial charge in [0.05, 0.1) is 17.3 Å². The van der Waals surface area contributed by atoms with Gasteiger partial charge in [0.15, 0.2) is 0 Å².